The summed E-state index contributed by atoms with van der Waals surface area (Å²) in [5.74, 6) is -1.48. The predicted molar refractivity (Wildman–Crippen MR) is 298 cm³/mol. The number of ether oxygens (including phenoxy) is 3. The van der Waals surface area contributed by atoms with Gasteiger partial charge >= 0.3 is 25.7 Å². The van der Waals surface area contributed by atoms with Crippen LogP contribution < -0.4 is 0 Å². The number of phosphoric ester groups is 1. The van der Waals surface area contributed by atoms with Crippen LogP contribution in [0.4, 0.5) is 0 Å². The van der Waals surface area contributed by atoms with E-state index in [4.69, 9.17) is 23.3 Å². The van der Waals surface area contributed by atoms with E-state index in [0.29, 0.717) is 19.3 Å². The second-order valence-electron chi connectivity index (χ2n) is 20.1. The standard InChI is InChI=1S/C60H111O11P/c1-4-7-10-13-16-19-22-25-26-27-28-29-30-33-36-39-42-45-48-51-60(64)71-57(53-67-58(62)49-46-43-40-37-34-31-23-20-17-14-11-8-5-2)55-69-72(65,66)68-54-56(52-61)70-59(63)50-47-44-41-38-35-32-24-21-18-15-12-9-6-3/h8,11,17,20,31,34,56-57,61H,4-7,9-10,12-16,18-19,21-30,32-33,35-55H2,1-3H3,(H,65,66)/b11-8-,20-17-,34-31-. The summed E-state index contributed by atoms with van der Waals surface area (Å²) in [5.41, 5.74) is 0. The molecular formula is C60H111O11P. The highest BCUT2D eigenvalue weighted by molar-refractivity contribution is 7.47. The molecule has 0 aliphatic heterocycles. The van der Waals surface area contributed by atoms with Crippen LogP contribution in [0.2, 0.25) is 0 Å². The Bertz CT molecular complexity index is 1350. The molecule has 3 unspecified atom stereocenters. The molecule has 0 aliphatic carbocycles. The van der Waals surface area contributed by atoms with Crippen molar-refractivity contribution in [2.45, 2.75) is 303 Å². The van der Waals surface area contributed by atoms with E-state index in [1.807, 2.05) is 0 Å². The number of phosphoric acid groups is 1. The van der Waals surface area contributed by atoms with Gasteiger partial charge in [-0.05, 0) is 51.4 Å². The van der Waals surface area contributed by atoms with Crippen LogP contribution in [0.5, 0.6) is 0 Å². The van der Waals surface area contributed by atoms with E-state index in [2.05, 4.69) is 57.2 Å². The number of carbonyl (C=O) groups excluding carboxylic acids is 3. The summed E-state index contributed by atoms with van der Waals surface area (Å²) in [6, 6.07) is 0. The van der Waals surface area contributed by atoms with E-state index in [9.17, 15) is 28.9 Å². The first-order chi connectivity index (χ1) is 35.2. The highest BCUT2D eigenvalue weighted by Gasteiger charge is 2.28. The number of carbonyl (C=O) groups is 3. The summed E-state index contributed by atoms with van der Waals surface area (Å²) < 4.78 is 39.5. The van der Waals surface area contributed by atoms with Crippen molar-refractivity contribution in [3.63, 3.8) is 0 Å². The van der Waals surface area contributed by atoms with Gasteiger partial charge in [0.2, 0.25) is 0 Å². The SMILES string of the molecule is CC/C=C\C/C=C\C/C=C\CCCCCC(=O)OCC(COP(=O)(O)OCC(CO)OC(=O)CCCCCCCCCCCCCCC)OC(=O)CCCCCCCCCCCCCCCCCCCCC. The van der Waals surface area contributed by atoms with E-state index in [1.165, 1.54) is 154 Å². The number of hydrogen-bond donors (Lipinski definition) is 2. The second kappa shape index (κ2) is 54.9. The number of rotatable bonds is 56. The van der Waals surface area contributed by atoms with Crippen molar-refractivity contribution >= 4 is 25.7 Å². The molecule has 12 heteroatoms. The van der Waals surface area contributed by atoms with Crippen LogP contribution in [0.25, 0.3) is 0 Å². The Balaban J connectivity index is 4.68. The summed E-state index contributed by atoms with van der Waals surface area (Å²) in [4.78, 5) is 48.5. The summed E-state index contributed by atoms with van der Waals surface area (Å²) in [6.45, 7) is 4.55. The van der Waals surface area contributed by atoms with Crippen LogP contribution in [-0.4, -0.2) is 66.5 Å². The summed E-state index contributed by atoms with van der Waals surface area (Å²) in [5, 5.41) is 9.81. The molecular weight excluding hydrogens is 928 g/mol. The van der Waals surface area contributed by atoms with Gasteiger partial charge in [0, 0.05) is 19.3 Å². The Morgan fingerprint density at radius 3 is 1.11 bits per heavy atom. The van der Waals surface area contributed by atoms with Gasteiger partial charge < -0.3 is 24.2 Å². The lowest BCUT2D eigenvalue weighted by Gasteiger charge is -2.21. The normalized spacial score (nSPS) is 13.6. The zero-order valence-corrected chi connectivity index (χ0v) is 47.6. The fraction of sp³-hybridized carbons (Fsp3) is 0.850. The van der Waals surface area contributed by atoms with Gasteiger partial charge in [-0.15, -0.1) is 0 Å². The fourth-order valence-electron chi connectivity index (χ4n) is 8.55. The predicted octanol–water partition coefficient (Wildman–Crippen LogP) is 17.6. The van der Waals surface area contributed by atoms with Crippen LogP contribution in [0.15, 0.2) is 36.5 Å². The molecule has 72 heavy (non-hydrogen) atoms. The Labute approximate surface area is 441 Å². The quantitative estimate of drug-likeness (QED) is 0.0197. The average molecular weight is 1040 g/mol. The van der Waals surface area contributed by atoms with E-state index >= 15 is 0 Å². The van der Waals surface area contributed by atoms with Gasteiger partial charge in [0.05, 0.1) is 19.8 Å². The number of aliphatic hydroxyl groups is 1. The van der Waals surface area contributed by atoms with E-state index in [1.54, 1.807) is 0 Å². The van der Waals surface area contributed by atoms with Crippen molar-refractivity contribution < 1.29 is 52.2 Å². The maximum absolute atomic E-state index is 12.9. The molecule has 0 aromatic carbocycles. The molecule has 0 rings (SSSR count). The van der Waals surface area contributed by atoms with Crippen LogP contribution >= 0.6 is 7.82 Å². The van der Waals surface area contributed by atoms with Crippen LogP contribution in [0, 0.1) is 0 Å². The minimum absolute atomic E-state index is 0.167. The lowest BCUT2D eigenvalue weighted by atomic mass is 10.0. The lowest BCUT2D eigenvalue weighted by Crippen LogP contribution is -2.30. The molecule has 2 N–H and O–H groups in total. The summed E-state index contributed by atoms with van der Waals surface area (Å²) in [7, 11) is -4.75. The van der Waals surface area contributed by atoms with Gasteiger partial charge in [-0.2, -0.15) is 0 Å². The van der Waals surface area contributed by atoms with Gasteiger partial charge in [-0.25, -0.2) is 4.57 Å². The zero-order chi connectivity index (χ0) is 52.7. The molecule has 0 amide bonds. The third kappa shape index (κ3) is 52.6. The molecule has 0 heterocycles. The number of unbranched alkanes of at least 4 members (excludes halogenated alkanes) is 33. The first-order valence-electron chi connectivity index (χ1n) is 29.9. The van der Waals surface area contributed by atoms with Gasteiger partial charge in [-0.3, -0.25) is 23.4 Å². The van der Waals surface area contributed by atoms with Crippen molar-refractivity contribution in [2.24, 2.45) is 0 Å². The molecule has 11 nitrogen and oxygen atoms in total. The smallest absolute Gasteiger partial charge is 0.462 e. The minimum Gasteiger partial charge on any atom is -0.462 e. The number of aliphatic hydroxyl groups excluding tert-OH is 1. The third-order valence-electron chi connectivity index (χ3n) is 13.1. The Kier molecular flexibility index (Phi) is 53.2. The minimum atomic E-state index is -4.75. The number of esters is 3. The Hall–Kier alpha value is -2.30. The zero-order valence-electron chi connectivity index (χ0n) is 46.7. The largest absolute Gasteiger partial charge is 0.472 e. The third-order valence-corrected chi connectivity index (χ3v) is 14.0. The molecule has 0 aliphatic rings. The fourth-order valence-corrected chi connectivity index (χ4v) is 9.33. The number of allylic oxidation sites excluding steroid dienone is 6. The summed E-state index contributed by atoms with van der Waals surface area (Å²) in [6.07, 6.45) is 56.8. The Morgan fingerprint density at radius 1 is 0.403 bits per heavy atom. The van der Waals surface area contributed by atoms with Crippen molar-refractivity contribution in [3.05, 3.63) is 36.5 Å². The Morgan fingerprint density at radius 2 is 0.722 bits per heavy atom. The van der Waals surface area contributed by atoms with E-state index < -0.39 is 57.8 Å². The molecule has 422 valence electrons. The monoisotopic (exact) mass is 1040 g/mol. The van der Waals surface area contributed by atoms with E-state index in [0.717, 1.165) is 77.0 Å². The first kappa shape index (κ1) is 69.7. The molecule has 0 fully saturated rings. The lowest BCUT2D eigenvalue weighted by molar-refractivity contribution is -0.161. The molecule has 0 aromatic heterocycles. The van der Waals surface area contributed by atoms with Crippen LogP contribution in [0.3, 0.4) is 0 Å². The van der Waals surface area contributed by atoms with Crippen molar-refractivity contribution in [3.8, 4) is 0 Å². The highest BCUT2D eigenvalue weighted by Crippen LogP contribution is 2.43. The van der Waals surface area contributed by atoms with Crippen molar-refractivity contribution in [1.82, 2.24) is 0 Å². The average Bonchev–Trinajstić information content (AvgIpc) is 3.37. The second-order valence-corrected chi connectivity index (χ2v) is 21.6. The maximum atomic E-state index is 12.9. The molecule has 0 spiro atoms. The first-order valence-corrected chi connectivity index (χ1v) is 31.4. The molecule has 3 atom stereocenters. The van der Waals surface area contributed by atoms with Gasteiger partial charge in [0.15, 0.2) is 6.10 Å². The van der Waals surface area contributed by atoms with Gasteiger partial charge in [0.1, 0.15) is 12.7 Å². The molecule has 0 saturated heterocycles. The van der Waals surface area contributed by atoms with Gasteiger partial charge in [0.25, 0.3) is 0 Å². The van der Waals surface area contributed by atoms with Crippen molar-refractivity contribution in [1.29, 1.82) is 0 Å². The van der Waals surface area contributed by atoms with Crippen LogP contribution in [0.1, 0.15) is 290 Å². The molecule has 0 bridgehead atoms. The van der Waals surface area contributed by atoms with Gasteiger partial charge in [-0.1, -0.05) is 256 Å². The molecule has 0 radical (unpaired) electrons. The van der Waals surface area contributed by atoms with Crippen molar-refractivity contribution in [2.75, 3.05) is 26.4 Å². The maximum Gasteiger partial charge on any atom is 0.472 e. The highest BCUT2D eigenvalue weighted by atomic mass is 31.2. The molecule has 0 aromatic rings. The molecule has 0 saturated carbocycles. The summed E-state index contributed by atoms with van der Waals surface area (Å²) >= 11 is 0. The van der Waals surface area contributed by atoms with Crippen LogP contribution in [-0.2, 0) is 42.2 Å². The number of hydrogen-bond acceptors (Lipinski definition) is 10. The van der Waals surface area contributed by atoms with E-state index in [-0.39, 0.29) is 25.9 Å². The topological polar surface area (TPSA) is 155 Å².